The van der Waals surface area contributed by atoms with Gasteiger partial charge in [-0.15, -0.1) is 5.10 Å². The summed E-state index contributed by atoms with van der Waals surface area (Å²) in [6.45, 7) is 5.85. The van der Waals surface area contributed by atoms with E-state index in [1.165, 1.54) is 12.8 Å². The third kappa shape index (κ3) is 4.53. The van der Waals surface area contributed by atoms with Gasteiger partial charge in [-0.25, -0.2) is 4.68 Å². The summed E-state index contributed by atoms with van der Waals surface area (Å²) in [5, 5.41) is 18.1. The van der Waals surface area contributed by atoms with E-state index in [4.69, 9.17) is 9.47 Å². The molecule has 0 radical (unpaired) electrons. The van der Waals surface area contributed by atoms with Gasteiger partial charge < -0.3 is 14.6 Å². The Labute approximate surface area is 158 Å². The van der Waals surface area contributed by atoms with Gasteiger partial charge in [-0.3, -0.25) is 4.98 Å². The fourth-order valence-electron chi connectivity index (χ4n) is 2.82. The second kappa shape index (κ2) is 7.39. The number of nitrogens with zero attached hydrogens (tertiary/aromatic N) is 4. The molecule has 2 fully saturated rings. The lowest BCUT2D eigenvalue weighted by Gasteiger charge is -2.34. The van der Waals surface area contributed by atoms with Crippen LogP contribution in [0, 0.1) is 23.2 Å². The summed E-state index contributed by atoms with van der Waals surface area (Å²) in [6, 6.07) is 1.87. The largest absolute Gasteiger partial charge is 0.392 e. The molecule has 7 heteroatoms. The first-order valence-electron chi connectivity index (χ1n) is 9.27. The molecule has 27 heavy (non-hydrogen) atoms. The maximum atomic E-state index is 9.73. The molecular weight excluding hydrogens is 344 g/mol. The zero-order valence-electron chi connectivity index (χ0n) is 15.7. The van der Waals surface area contributed by atoms with Crippen LogP contribution >= 0.6 is 0 Å². The summed E-state index contributed by atoms with van der Waals surface area (Å²) in [7, 11) is 0. The van der Waals surface area contributed by atoms with Gasteiger partial charge in [0.2, 0.25) is 0 Å². The van der Waals surface area contributed by atoms with Gasteiger partial charge in [0, 0.05) is 28.7 Å². The van der Waals surface area contributed by atoms with Crippen LogP contribution in [0.15, 0.2) is 18.5 Å². The quantitative estimate of drug-likeness (QED) is 0.831. The average Bonchev–Trinajstić information content (AvgIpc) is 3.38. The monoisotopic (exact) mass is 368 g/mol. The Kier molecular flexibility index (Phi) is 4.96. The van der Waals surface area contributed by atoms with E-state index in [2.05, 4.69) is 41.0 Å². The third-order valence-electron chi connectivity index (χ3n) is 4.57. The van der Waals surface area contributed by atoms with Crippen LogP contribution in [-0.4, -0.2) is 44.6 Å². The Morgan fingerprint density at radius 1 is 1.30 bits per heavy atom. The number of rotatable bonds is 4. The van der Waals surface area contributed by atoms with E-state index in [1.54, 1.807) is 17.1 Å². The minimum atomic E-state index is -0.335. The zero-order valence-corrected chi connectivity index (χ0v) is 15.7. The SMILES string of the molecule is CC1(C)COC(Cn2cc(-c3ncc(C#CC4CC4)cc3CO)nn2)OC1. The van der Waals surface area contributed by atoms with E-state index in [-0.39, 0.29) is 18.3 Å². The molecule has 0 amide bonds. The lowest BCUT2D eigenvalue weighted by molar-refractivity contribution is -0.227. The van der Waals surface area contributed by atoms with Crippen molar-refractivity contribution in [2.45, 2.75) is 46.1 Å². The highest BCUT2D eigenvalue weighted by atomic mass is 16.7. The summed E-state index contributed by atoms with van der Waals surface area (Å²) < 4.78 is 13.2. The van der Waals surface area contributed by atoms with Gasteiger partial charge in [-0.05, 0) is 18.9 Å². The molecule has 0 bridgehead atoms. The minimum Gasteiger partial charge on any atom is -0.392 e. The van der Waals surface area contributed by atoms with E-state index in [0.29, 0.717) is 42.6 Å². The van der Waals surface area contributed by atoms with E-state index >= 15 is 0 Å². The van der Waals surface area contributed by atoms with Crippen molar-refractivity contribution < 1.29 is 14.6 Å². The van der Waals surface area contributed by atoms with Gasteiger partial charge in [-0.1, -0.05) is 30.9 Å². The van der Waals surface area contributed by atoms with Gasteiger partial charge in [0.05, 0.1) is 38.3 Å². The Hall–Kier alpha value is -2.27. The van der Waals surface area contributed by atoms with Crippen LogP contribution in [0.3, 0.4) is 0 Å². The number of hydrogen-bond donors (Lipinski definition) is 1. The number of hydrogen-bond acceptors (Lipinski definition) is 6. The third-order valence-corrected chi connectivity index (χ3v) is 4.57. The standard InChI is InChI=1S/C20H24N4O3/c1-20(2)12-26-18(27-13-20)10-24-9-17(22-23-24)19-16(11-25)7-15(8-21-19)6-5-14-3-4-14/h7-9,14,18,25H,3-4,10-13H2,1-2H3. The molecule has 4 rings (SSSR count). The molecule has 1 saturated heterocycles. The molecule has 142 valence electrons. The zero-order chi connectivity index (χ0) is 18.9. The molecule has 7 nitrogen and oxygen atoms in total. The highest BCUT2D eigenvalue weighted by Crippen LogP contribution is 2.28. The molecule has 0 spiro atoms. The number of aromatic nitrogens is 4. The topological polar surface area (TPSA) is 82.3 Å². The van der Waals surface area contributed by atoms with Crippen LogP contribution in [-0.2, 0) is 22.6 Å². The number of ether oxygens (including phenoxy) is 2. The van der Waals surface area contributed by atoms with E-state index in [1.807, 2.05) is 6.07 Å². The Morgan fingerprint density at radius 3 is 2.78 bits per heavy atom. The summed E-state index contributed by atoms with van der Waals surface area (Å²) in [6.07, 6.45) is 5.54. The van der Waals surface area contributed by atoms with Crippen LogP contribution in [0.5, 0.6) is 0 Å². The van der Waals surface area contributed by atoms with Gasteiger partial charge in [0.1, 0.15) is 5.69 Å². The highest BCUT2D eigenvalue weighted by Gasteiger charge is 2.28. The lowest BCUT2D eigenvalue weighted by Crippen LogP contribution is -2.39. The number of pyridine rings is 1. The van der Waals surface area contributed by atoms with Gasteiger partial charge in [0.15, 0.2) is 6.29 Å². The first-order valence-corrected chi connectivity index (χ1v) is 9.27. The normalized spacial score (nSPS) is 19.5. The fourth-order valence-corrected chi connectivity index (χ4v) is 2.82. The van der Waals surface area contributed by atoms with Crippen LogP contribution in [0.4, 0.5) is 0 Å². The van der Waals surface area contributed by atoms with Crippen molar-refractivity contribution in [2.24, 2.45) is 11.3 Å². The smallest absolute Gasteiger partial charge is 0.177 e. The van der Waals surface area contributed by atoms with E-state index in [0.717, 1.165) is 5.56 Å². The van der Waals surface area contributed by atoms with Crippen molar-refractivity contribution >= 4 is 0 Å². The van der Waals surface area contributed by atoms with Crippen LogP contribution < -0.4 is 0 Å². The Bertz CT molecular complexity index is 867. The van der Waals surface area contributed by atoms with Crippen molar-refractivity contribution in [3.63, 3.8) is 0 Å². The summed E-state index contributed by atoms with van der Waals surface area (Å²) in [4.78, 5) is 4.46. The maximum Gasteiger partial charge on any atom is 0.177 e. The summed E-state index contributed by atoms with van der Waals surface area (Å²) >= 11 is 0. The Balaban J connectivity index is 1.47. The highest BCUT2D eigenvalue weighted by molar-refractivity contribution is 5.59. The van der Waals surface area contributed by atoms with E-state index in [9.17, 15) is 5.11 Å². The second-order valence-corrected chi connectivity index (χ2v) is 7.98. The van der Waals surface area contributed by atoms with Gasteiger partial charge in [-0.2, -0.15) is 0 Å². The average molecular weight is 368 g/mol. The molecule has 2 aromatic heterocycles. The molecule has 3 heterocycles. The van der Waals surface area contributed by atoms with Crippen LogP contribution in [0.1, 0.15) is 37.8 Å². The van der Waals surface area contributed by atoms with Gasteiger partial charge >= 0.3 is 0 Å². The van der Waals surface area contributed by atoms with Crippen molar-refractivity contribution in [3.05, 3.63) is 29.6 Å². The molecule has 2 aliphatic rings. The first kappa shape index (κ1) is 18.1. The molecule has 1 aliphatic carbocycles. The van der Waals surface area contributed by atoms with Crippen LogP contribution in [0.2, 0.25) is 0 Å². The maximum absolute atomic E-state index is 9.73. The molecule has 0 unspecified atom stereocenters. The van der Waals surface area contributed by atoms with E-state index < -0.39 is 0 Å². The van der Waals surface area contributed by atoms with Gasteiger partial charge in [0.25, 0.3) is 0 Å². The van der Waals surface area contributed by atoms with Crippen molar-refractivity contribution in [3.8, 4) is 23.2 Å². The predicted molar refractivity (Wildman–Crippen MR) is 98.3 cm³/mol. The van der Waals surface area contributed by atoms with Crippen molar-refractivity contribution in [2.75, 3.05) is 13.2 Å². The number of aliphatic hydroxyl groups excluding tert-OH is 1. The molecule has 0 aromatic carbocycles. The Morgan fingerprint density at radius 2 is 2.07 bits per heavy atom. The van der Waals surface area contributed by atoms with Crippen LogP contribution in [0.25, 0.3) is 11.4 Å². The molecule has 0 atom stereocenters. The molecule has 1 saturated carbocycles. The second-order valence-electron chi connectivity index (χ2n) is 7.98. The molecule has 1 N–H and O–H groups in total. The summed E-state index contributed by atoms with van der Waals surface area (Å²) in [5.74, 6) is 6.86. The predicted octanol–water partition coefficient (Wildman–Crippen LogP) is 1.99. The molecule has 1 aliphatic heterocycles. The van der Waals surface area contributed by atoms with Crippen molar-refractivity contribution in [1.82, 2.24) is 20.0 Å². The minimum absolute atomic E-state index is 0.0358. The fraction of sp³-hybridized carbons (Fsp3) is 0.550. The number of aliphatic hydroxyl groups is 1. The first-order chi connectivity index (χ1) is 13.0. The summed E-state index contributed by atoms with van der Waals surface area (Å²) in [5.41, 5.74) is 2.77. The van der Waals surface area contributed by atoms with Crippen molar-refractivity contribution in [1.29, 1.82) is 0 Å². The molecular formula is C20H24N4O3. The molecule has 2 aromatic rings. The lowest BCUT2D eigenvalue weighted by atomic mass is 9.96.